The molecule has 0 amide bonds. The van der Waals surface area contributed by atoms with Gasteiger partial charge in [-0.15, -0.1) is 0 Å². The number of nitrogens with zero attached hydrogens (tertiary/aromatic N) is 1. The molecular weight excluding hydrogens is 226 g/mol. The Labute approximate surface area is 112 Å². The summed E-state index contributed by atoms with van der Waals surface area (Å²) in [4.78, 5) is 13.7. The number of carbonyl (C=O) groups excluding carboxylic acids is 1. The van der Waals surface area contributed by atoms with Crippen LogP contribution >= 0.6 is 0 Å². The minimum atomic E-state index is -0.0436. The smallest absolute Gasteiger partial charge is 0.305 e. The fourth-order valence-corrected chi connectivity index (χ4v) is 2.57. The van der Waals surface area contributed by atoms with E-state index in [-0.39, 0.29) is 5.97 Å². The molecule has 0 spiro atoms. The van der Waals surface area contributed by atoms with E-state index in [0.717, 1.165) is 24.7 Å². The van der Waals surface area contributed by atoms with Crippen molar-refractivity contribution in [2.45, 2.75) is 52.9 Å². The average molecular weight is 255 g/mol. The van der Waals surface area contributed by atoms with Gasteiger partial charge < -0.3 is 9.64 Å². The summed E-state index contributed by atoms with van der Waals surface area (Å²) in [6, 6.07) is 0. The van der Waals surface area contributed by atoms with Crippen molar-refractivity contribution < 1.29 is 9.53 Å². The Morgan fingerprint density at radius 3 is 2.67 bits per heavy atom. The minimum Gasteiger partial charge on any atom is -0.466 e. The Morgan fingerprint density at radius 1 is 1.22 bits per heavy atom. The first-order chi connectivity index (χ1) is 8.63. The molecule has 3 nitrogen and oxygen atoms in total. The second kappa shape index (κ2) is 8.52. The van der Waals surface area contributed by atoms with E-state index in [1.54, 1.807) is 0 Å². The van der Waals surface area contributed by atoms with Gasteiger partial charge in [0.15, 0.2) is 0 Å². The Balaban J connectivity index is 1.99. The van der Waals surface area contributed by atoms with Crippen molar-refractivity contribution in [3.05, 3.63) is 0 Å². The predicted octanol–water partition coefficient (Wildman–Crippen LogP) is 3.09. The van der Waals surface area contributed by atoms with Crippen molar-refractivity contribution in [3.8, 4) is 0 Å². The predicted molar refractivity (Wildman–Crippen MR) is 74.5 cm³/mol. The maximum absolute atomic E-state index is 11.2. The fraction of sp³-hybridized carbons (Fsp3) is 0.933. The molecule has 0 saturated carbocycles. The van der Waals surface area contributed by atoms with E-state index >= 15 is 0 Å². The lowest BCUT2D eigenvalue weighted by molar-refractivity contribution is -0.143. The van der Waals surface area contributed by atoms with Gasteiger partial charge in [0.05, 0.1) is 6.61 Å². The lowest BCUT2D eigenvalue weighted by Gasteiger charge is -2.35. The Kier molecular flexibility index (Phi) is 7.33. The van der Waals surface area contributed by atoms with Gasteiger partial charge in [0.25, 0.3) is 0 Å². The van der Waals surface area contributed by atoms with Crippen LogP contribution in [0.4, 0.5) is 0 Å². The maximum atomic E-state index is 11.2. The van der Waals surface area contributed by atoms with E-state index in [2.05, 4.69) is 18.7 Å². The molecule has 0 aliphatic carbocycles. The highest BCUT2D eigenvalue weighted by atomic mass is 16.5. The second-order valence-corrected chi connectivity index (χ2v) is 5.66. The summed E-state index contributed by atoms with van der Waals surface area (Å²) >= 11 is 0. The van der Waals surface area contributed by atoms with Crippen LogP contribution in [-0.4, -0.2) is 37.1 Å². The minimum absolute atomic E-state index is 0.0436. The molecule has 1 saturated heterocycles. The van der Waals surface area contributed by atoms with Gasteiger partial charge in [0.1, 0.15) is 0 Å². The van der Waals surface area contributed by atoms with Crippen LogP contribution < -0.4 is 0 Å². The lowest BCUT2D eigenvalue weighted by atomic mass is 9.88. The first-order valence-corrected chi connectivity index (χ1v) is 7.51. The summed E-state index contributed by atoms with van der Waals surface area (Å²) < 4.78 is 4.91. The molecule has 1 rings (SSSR count). The van der Waals surface area contributed by atoms with Crippen LogP contribution in [0, 0.1) is 11.8 Å². The molecular formula is C15H29NO2. The van der Waals surface area contributed by atoms with Crippen molar-refractivity contribution >= 4 is 5.97 Å². The molecule has 0 aromatic heterocycles. The van der Waals surface area contributed by atoms with E-state index in [0.29, 0.717) is 13.0 Å². The highest BCUT2D eigenvalue weighted by molar-refractivity contribution is 5.69. The van der Waals surface area contributed by atoms with Crippen molar-refractivity contribution in [2.75, 3.05) is 26.2 Å². The molecule has 1 aliphatic heterocycles. The Hall–Kier alpha value is -0.570. The zero-order chi connectivity index (χ0) is 13.4. The van der Waals surface area contributed by atoms with Crippen LogP contribution in [-0.2, 0) is 9.53 Å². The third-order valence-electron chi connectivity index (χ3n) is 4.08. The molecule has 0 bridgehead atoms. The largest absolute Gasteiger partial charge is 0.466 e. The van der Waals surface area contributed by atoms with Crippen LogP contribution in [0.5, 0.6) is 0 Å². The highest BCUT2D eigenvalue weighted by Gasteiger charge is 2.21. The van der Waals surface area contributed by atoms with Crippen LogP contribution in [0.15, 0.2) is 0 Å². The van der Waals surface area contributed by atoms with Gasteiger partial charge in [0.2, 0.25) is 0 Å². The molecule has 0 radical (unpaired) electrons. The molecule has 0 aromatic rings. The monoisotopic (exact) mass is 255 g/mol. The van der Waals surface area contributed by atoms with Gasteiger partial charge in [-0.2, -0.15) is 0 Å². The maximum Gasteiger partial charge on any atom is 0.305 e. The zero-order valence-corrected chi connectivity index (χ0v) is 12.3. The number of hydrogen-bond donors (Lipinski definition) is 0. The molecule has 0 aromatic carbocycles. The standard InChI is InChI=1S/C15H29NO2/c1-4-18-15(17)8-6-5-7-10-16-11-9-13(2)14(3)12-16/h13-14H,4-12H2,1-3H3. The van der Waals surface area contributed by atoms with Crippen molar-refractivity contribution in [1.82, 2.24) is 4.90 Å². The van der Waals surface area contributed by atoms with Crippen LogP contribution in [0.25, 0.3) is 0 Å². The van der Waals surface area contributed by atoms with Crippen molar-refractivity contribution in [1.29, 1.82) is 0 Å². The molecule has 2 unspecified atom stereocenters. The zero-order valence-electron chi connectivity index (χ0n) is 12.3. The third kappa shape index (κ3) is 5.85. The van der Waals surface area contributed by atoms with Crippen LogP contribution in [0.2, 0.25) is 0 Å². The molecule has 3 heteroatoms. The quantitative estimate of drug-likeness (QED) is 0.517. The van der Waals surface area contributed by atoms with E-state index < -0.39 is 0 Å². The van der Waals surface area contributed by atoms with E-state index in [9.17, 15) is 4.79 Å². The summed E-state index contributed by atoms with van der Waals surface area (Å²) in [5.74, 6) is 1.67. The number of piperidine rings is 1. The summed E-state index contributed by atoms with van der Waals surface area (Å²) in [5.41, 5.74) is 0. The SMILES string of the molecule is CCOC(=O)CCCCCN1CCC(C)C(C)C1. The fourth-order valence-electron chi connectivity index (χ4n) is 2.57. The number of likely N-dealkylation sites (tertiary alicyclic amines) is 1. The summed E-state index contributed by atoms with van der Waals surface area (Å²) in [5, 5.41) is 0. The van der Waals surface area contributed by atoms with E-state index in [1.807, 2.05) is 6.92 Å². The van der Waals surface area contributed by atoms with Crippen molar-refractivity contribution in [2.24, 2.45) is 11.8 Å². The second-order valence-electron chi connectivity index (χ2n) is 5.66. The average Bonchev–Trinajstić information content (AvgIpc) is 2.33. The number of rotatable bonds is 7. The van der Waals surface area contributed by atoms with Gasteiger partial charge in [-0.05, 0) is 51.1 Å². The number of hydrogen-bond acceptors (Lipinski definition) is 3. The van der Waals surface area contributed by atoms with Crippen LogP contribution in [0.1, 0.15) is 52.9 Å². The van der Waals surface area contributed by atoms with Gasteiger partial charge >= 0.3 is 5.97 Å². The molecule has 1 aliphatic rings. The number of ether oxygens (including phenoxy) is 1. The molecule has 2 atom stereocenters. The molecule has 1 heterocycles. The topological polar surface area (TPSA) is 29.5 Å². The Bertz CT molecular complexity index is 243. The normalized spacial score (nSPS) is 25.1. The molecule has 106 valence electrons. The van der Waals surface area contributed by atoms with Gasteiger partial charge in [-0.1, -0.05) is 20.3 Å². The van der Waals surface area contributed by atoms with E-state index in [4.69, 9.17) is 4.74 Å². The summed E-state index contributed by atoms with van der Waals surface area (Å²) in [6.45, 7) is 10.8. The van der Waals surface area contributed by atoms with Gasteiger partial charge in [-0.3, -0.25) is 4.79 Å². The van der Waals surface area contributed by atoms with Gasteiger partial charge in [-0.25, -0.2) is 0 Å². The van der Waals surface area contributed by atoms with E-state index in [1.165, 1.54) is 32.5 Å². The highest BCUT2D eigenvalue weighted by Crippen LogP contribution is 2.22. The first kappa shape index (κ1) is 15.5. The molecule has 1 fully saturated rings. The summed E-state index contributed by atoms with van der Waals surface area (Å²) in [6.07, 6.45) is 5.24. The van der Waals surface area contributed by atoms with Crippen LogP contribution in [0.3, 0.4) is 0 Å². The molecule has 0 N–H and O–H groups in total. The number of carbonyl (C=O) groups is 1. The lowest BCUT2D eigenvalue weighted by Crippen LogP contribution is -2.38. The number of unbranched alkanes of at least 4 members (excludes halogenated alkanes) is 2. The summed E-state index contributed by atoms with van der Waals surface area (Å²) in [7, 11) is 0. The van der Waals surface area contributed by atoms with Crippen molar-refractivity contribution in [3.63, 3.8) is 0 Å². The molecule has 18 heavy (non-hydrogen) atoms. The first-order valence-electron chi connectivity index (χ1n) is 7.51. The third-order valence-corrected chi connectivity index (χ3v) is 4.08. The Morgan fingerprint density at radius 2 is 2.00 bits per heavy atom. The van der Waals surface area contributed by atoms with Gasteiger partial charge in [0, 0.05) is 13.0 Å². The number of esters is 1.